The molecule has 0 bridgehead atoms. The lowest BCUT2D eigenvalue weighted by atomic mass is 9.90. The van der Waals surface area contributed by atoms with Gasteiger partial charge in [0.1, 0.15) is 11.5 Å². The van der Waals surface area contributed by atoms with E-state index < -0.39 is 0 Å². The van der Waals surface area contributed by atoms with E-state index in [1.807, 2.05) is 30.4 Å². The summed E-state index contributed by atoms with van der Waals surface area (Å²) in [6.45, 7) is 2.26. The monoisotopic (exact) mass is 400 g/mol. The predicted molar refractivity (Wildman–Crippen MR) is 119 cm³/mol. The minimum Gasteiger partial charge on any atom is -0.306 e. The third-order valence-electron chi connectivity index (χ3n) is 6.12. The summed E-state index contributed by atoms with van der Waals surface area (Å²) in [5.41, 5.74) is 6.11. The second kappa shape index (κ2) is 8.00. The molecule has 5 heteroatoms. The van der Waals surface area contributed by atoms with Crippen LogP contribution in [0, 0.1) is 0 Å². The van der Waals surface area contributed by atoms with Gasteiger partial charge < -0.3 is 4.90 Å². The van der Waals surface area contributed by atoms with Crippen LogP contribution in [-0.4, -0.2) is 39.4 Å². The first-order chi connectivity index (χ1) is 14.7. The highest BCUT2D eigenvalue weighted by Crippen LogP contribution is 2.34. The van der Waals surface area contributed by atoms with Crippen LogP contribution in [0.3, 0.4) is 0 Å². The zero-order chi connectivity index (χ0) is 20.5. The summed E-state index contributed by atoms with van der Waals surface area (Å²) in [6, 6.07) is 8.45. The van der Waals surface area contributed by atoms with Gasteiger partial charge in [0, 0.05) is 36.1 Å². The smallest absolute Gasteiger partial charge is 0.138 e. The molecule has 2 aliphatic rings. The summed E-state index contributed by atoms with van der Waals surface area (Å²) >= 11 is 0. The van der Waals surface area contributed by atoms with E-state index in [1.54, 1.807) is 18.5 Å². The minimum atomic E-state index is -0.139. The first-order valence-electron chi connectivity index (χ1n) is 10.5. The number of fused-ring (bicyclic) bond motifs is 1. The molecule has 0 atom stereocenters. The van der Waals surface area contributed by atoms with E-state index in [2.05, 4.69) is 39.7 Å². The van der Waals surface area contributed by atoms with Gasteiger partial charge >= 0.3 is 0 Å². The average molecular weight is 401 g/mol. The van der Waals surface area contributed by atoms with E-state index in [9.17, 15) is 4.39 Å². The number of piperidine rings is 1. The standard InChI is InChI=1S/C25H25FN4/c1-29-14-9-18(10-15-29)21-11-16-30-23(17-21)28-24(19-3-2-4-22(26)6-5-19)25(30)20-7-12-27-13-8-20/h2-3,5-8,11-13,16-18H,4,9-10,14-15H2,1H3. The number of pyridine rings is 2. The Bertz CT molecular complexity index is 1150. The van der Waals surface area contributed by atoms with Crippen LogP contribution in [-0.2, 0) is 0 Å². The van der Waals surface area contributed by atoms with Gasteiger partial charge in [0.2, 0.25) is 0 Å². The second-order valence-electron chi connectivity index (χ2n) is 8.15. The number of hydrogen-bond acceptors (Lipinski definition) is 3. The number of hydrogen-bond donors (Lipinski definition) is 0. The summed E-state index contributed by atoms with van der Waals surface area (Å²) < 4.78 is 15.9. The number of halogens is 1. The number of rotatable bonds is 3. The number of allylic oxidation sites excluding steroid dienone is 6. The molecule has 5 rings (SSSR count). The van der Waals surface area contributed by atoms with Gasteiger partial charge in [-0.1, -0.05) is 18.2 Å². The van der Waals surface area contributed by atoms with Crippen LogP contribution in [0.5, 0.6) is 0 Å². The molecule has 0 amide bonds. The molecule has 1 aliphatic heterocycles. The highest BCUT2D eigenvalue weighted by atomic mass is 19.1. The molecular weight excluding hydrogens is 375 g/mol. The van der Waals surface area contributed by atoms with Crippen molar-refractivity contribution in [1.82, 2.24) is 19.3 Å². The minimum absolute atomic E-state index is 0.139. The fourth-order valence-electron chi connectivity index (χ4n) is 4.40. The van der Waals surface area contributed by atoms with Crippen LogP contribution >= 0.6 is 0 Å². The van der Waals surface area contributed by atoms with Gasteiger partial charge in [-0.05, 0) is 74.8 Å². The molecule has 0 saturated carbocycles. The number of likely N-dealkylation sites (tertiary alicyclic amines) is 1. The summed E-state index contributed by atoms with van der Waals surface area (Å²) in [5.74, 6) is 0.435. The van der Waals surface area contributed by atoms with Gasteiger partial charge in [-0.2, -0.15) is 0 Å². The number of imidazole rings is 1. The van der Waals surface area contributed by atoms with E-state index in [4.69, 9.17) is 4.98 Å². The van der Waals surface area contributed by atoms with Crippen molar-refractivity contribution in [2.45, 2.75) is 25.2 Å². The number of nitrogens with zero attached hydrogens (tertiary/aromatic N) is 4. The molecule has 4 heterocycles. The molecule has 0 radical (unpaired) electrons. The Morgan fingerprint density at radius 2 is 1.87 bits per heavy atom. The van der Waals surface area contributed by atoms with Crippen molar-refractivity contribution in [3.63, 3.8) is 0 Å². The SMILES string of the molecule is CN1CCC(c2ccn3c(-c4ccncc4)c(C4=CC=C(F)CC=C4)nc3c2)CC1. The second-order valence-corrected chi connectivity index (χ2v) is 8.15. The Balaban J connectivity index is 1.65. The van der Waals surface area contributed by atoms with Gasteiger partial charge in [0.05, 0.1) is 11.4 Å². The molecule has 0 spiro atoms. The molecular formula is C25H25FN4. The Hall–Kier alpha value is -3.05. The van der Waals surface area contributed by atoms with E-state index in [0.717, 1.165) is 41.3 Å². The van der Waals surface area contributed by atoms with Crippen molar-refractivity contribution >= 4 is 11.2 Å². The molecule has 30 heavy (non-hydrogen) atoms. The molecule has 0 N–H and O–H groups in total. The fraction of sp³-hybridized carbons (Fsp3) is 0.280. The molecule has 3 aromatic heterocycles. The predicted octanol–water partition coefficient (Wildman–Crippen LogP) is 5.40. The summed E-state index contributed by atoms with van der Waals surface area (Å²) in [5, 5.41) is 0. The molecule has 3 aromatic rings. The van der Waals surface area contributed by atoms with Crippen LogP contribution in [0.4, 0.5) is 4.39 Å². The zero-order valence-corrected chi connectivity index (χ0v) is 17.1. The molecule has 1 saturated heterocycles. The fourth-order valence-corrected chi connectivity index (χ4v) is 4.40. The Morgan fingerprint density at radius 3 is 2.67 bits per heavy atom. The van der Waals surface area contributed by atoms with Crippen LogP contribution in [0.2, 0.25) is 0 Å². The summed E-state index contributed by atoms with van der Waals surface area (Å²) in [4.78, 5) is 11.6. The quantitative estimate of drug-likeness (QED) is 0.590. The van der Waals surface area contributed by atoms with Crippen LogP contribution in [0.1, 0.15) is 36.4 Å². The lowest BCUT2D eigenvalue weighted by Gasteiger charge is -2.29. The van der Waals surface area contributed by atoms with Gasteiger partial charge in [0.25, 0.3) is 0 Å². The van der Waals surface area contributed by atoms with Crippen LogP contribution < -0.4 is 0 Å². The first kappa shape index (κ1) is 18.9. The molecule has 1 fully saturated rings. The first-order valence-corrected chi connectivity index (χ1v) is 10.5. The highest BCUT2D eigenvalue weighted by molar-refractivity contribution is 5.85. The van der Waals surface area contributed by atoms with Crippen LogP contribution in [0.25, 0.3) is 22.5 Å². The largest absolute Gasteiger partial charge is 0.306 e. The third kappa shape index (κ3) is 3.61. The van der Waals surface area contributed by atoms with Gasteiger partial charge in [-0.25, -0.2) is 9.37 Å². The highest BCUT2D eigenvalue weighted by Gasteiger charge is 2.21. The molecule has 4 nitrogen and oxygen atoms in total. The lowest BCUT2D eigenvalue weighted by Crippen LogP contribution is -2.29. The van der Waals surface area contributed by atoms with Crippen molar-refractivity contribution < 1.29 is 4.39 Å². The van der Waals surface area contributed by atoms with E-state index in [0.29, 0.717) is 12.3 Å². The topological polar surface area (TPSA) is 33.4 Å². The molecule has 0 unspecified atom stereocenters. The summed E-state index contributed by atoms with van der Waals surface area (Å²) in [7, 11) is 2.19. The maximum atomic E-state index is 13.8. The van der Waals surface area contributed by atoms with Gasteiger partial charge in [-0.15, -0.1) is 0 Å². The Kier molecular flexibility index (Phi) is 5.05. The van der Waals surface area contributed by atoms with E-state index in [1.165, 1.54) is 18.4 Å². The normalized spacial score (nSPS) is 18.3. The average Bonchev–Trinajstić information content (AvgIpc) is 3.02. The van der Waals surface area contributed by atoms with Crippen molar-refractivity contribution in [3.8, 4) is 11.3 Å². The molecule has 152 valence electrons. The summed E-state index contributed by atoms with van der Waals surface area (Å²) in [6.07, 6.45) is 15.6. The van der Waals surface area contributed by atoms with Crippen LogP contribution in [0.15, 0.2) is 73.0 Å². The van der Waals surface area contributed by atoms with E-state index in [-0.39, 0.29) is 5.83 Å². The maximum absolute atomic E-state index is 13.8. The molecule has 0 aromatic carbocycles. The van der Waals surface area contributed by atoms with E-state index >= 15 is 0 Å². The third-order valence-corrected chi connectivity index (χ3v) is 6.12. The Labute approximate surface area is 176 Å². The van der Waals surface area contributed by atoms with Gasteiger partial charge in [-0.3, -0.25) is 9.38 Å². The van der Waals surface area contributed by atoms with Gasteiger partial charge in [0.15, 0.2) is 0 Å². The maximum Gasteiger partial charge on any atom is 0.138 e. The van der Waals surface area contributed by atoms with Crippen molar-refractivity contribution in [1.29, 1.82) is 0 Å². The van der Waals surface area contributed by atoms with Crippen molar-refractivity contribution in [2.75, 3.05) is 20.1 Å². The Morgan fingerprint density at radius 1 is 1.07 bits per heavy atom. The molecule has 1 aliphatic carbocycles. The number of aromatic nitrogens is 3. The lowest BCUT2D eigenvalue weighted by molar-refractivity contribution is 0.255. The van der Waals surface area contributed by atoms with Crippen molar-refractivity contribution in [2.24, 2.45) is 0 Å². The van der Waals surface area contributed by atoms with Crippen molar-refractivity contribution in [3.05, 3.63) is 84.2 Å². The zero-order valence-electron chi connectivity index (χ0n) is 17.1.